The lowest BCUT2D eigenvalue weighted by Crippen LogP contribution is -2.18. The van der Waals surface area contributed by atoms with E-state index in [1.165, 1.54) is 6.92 Å². The molecule has 10 nitrogen and oxygen atoms in total. The first-order chi connectivity index (χ1) is 14.0. The standard InChI is InChI=1S/C19H18N6O4/c1-9(28-19(27)12-5-3-4-6-15(12)29-10(2)26)25-17(18-20-23-24-21-18)14-8-11-7-13(11)16(14)22-25/h3-6,9,11,13H,7-8H2,1-2H3,(H,20,21,23,24)/t9?,11-,13-/m1/s1. The Morgan fingerprint density at radius 2 is 2.14 bits per heavy atom. The molecule has 1 unspecified atom stereocenters. The Bertz CT molecular complexity index is 1110. The third-order valence-corrected chi connectivity index (χ3v) is 5.32. The van der Waals surface area contributed by atoms with Crippen molar-refractivity contribution in [1.29, 1.82) is 0 Å². The highest BCUT2D eigenvalue weighted by atomic mass is 16.6. The fourth-order valence-corrected chi connectivity index (χ4v) is 3.97. The van der Waals surface area contributed by atoms with Gasteiger partial charge in [-0.25, -0.2) is 9.48 Å². The summed E-state index contributed by atoms with van der Waals surface area (Å²) in [5.41, 5.74) is 3.00. The molecular weight excluding hydrogens is 376 g/mol. The fourth-order valence-electron chi connectivity index (χ4n) is 3.97. The Morgan fingerprint density at radius 3 is 2.90 bits per heavy atom. The van der Waals surface area contributed by atoms with Gasteiger partial charge in [0.25, 0.3) is 0 Å². The summed E-state index contributed by atoms with van der Waals surface area (Å²) in [7, 11) is 0. The Labute approximate surface area is 165 Å². The number of carbonyl (C=O) groups is 2. The number of H-pyrrole nitrogens is 1. The maximum atomic E-state index is 12.8. The molecule has 0 aliphatic heterocycles. The molecule has 5 rings (SSSR count). The minimum atomic E-state index is -0.718. The number of benzene rings is 1. The minimum absolute atomic E-state index is 0.152. The van der Waals surface area contributed by atoms with Gasteiger partial charge < -0.3 is 9.47 Å². The summed E-state index contributed by atoms with van der Waals surface area (Å²) in [4.78, 5) is 24.1. The summed E-state index contributed by atoms with van der Waals surface area (Å²) < 4.78 is 12.4. The van der Waals surface area contributed by atoms with E-state index in [2.05, 4.69) is 20.6 Å². The number of hydrogen-bond donors (Lipinski definition) is 1. The van der Waals surface area contributed by atoms with Gasteiger partial charge in [0.1, 0.15) is 17.0 Å². The summed E-state index contributed by atoms with van der Waals surface area (Å²) in [5.74, 6) is 0.543. The topological polar surface area (TPSA) is 125 Å². The van der Waals surface area contributed by atoms with Crippen LogP contribution in [0.25, 0.3) is 11.5 Å². The predicted molar refractivity (Wildman–Crippen MR) is 97.8 cm³/mol. The lowest BCUT2D eigenvalue weighted by molar-refractivity contribution is -0.131. The van der Waals surface area contributed by atoms with Crippen molar-refractivity contribution in [1.82, 2.24) is 30.4 Å². The number of aromatic amines is 1. The molecule has 10 heteroatoms. The molecule has 0 amide bonds. The fraction of sp³-hybridized carbons (Fsp3) is 0.368. The second-order valence-corrected chi connectivity index (χ2v) is 7.29. The zero-order chi connectivity index (χ0) is 20.1. The van der Waals surface area contributed by atoms with Crippen LogP contribution in [0.1, 0.15) is 54.0 Å². The maximum absolute atomic E-state index is 12.8. The highest BCUT2D eigenvalue weighted by Crippen LogP contribution is 2.57. The van der Waals surface area contributed by atoms with E-state index in [1.54, 1.807) is 35.9 Å². The molecule has 0 saturated heterocycles. The van der Waals surface area contributed by atoms with Gasteiger partial charge in [0, 0.05) is 18.4 Å². The van der Waals surface area contributed by atoms with Crippen LogP contribution in [0.15, 0.2) is 24.3 Å². The van der Waals surface area contributed by atoms with Crippen molar-refractivity contribution >= 4 is 11.9 Å². The van der Waals surface area contributed by atoms with Crippen LogP contribution < -0.4 is 4.74 Å². The number of esters is 2. The molecule has 2 aliphatic rings. The van der Waals surface area contributed by atoms with E-state index in [9.17, 15) is 9.59 Å². The smallest absolute Gasteiger partial charge is 0.343 e. The van der Waals surface area contributed by atoms with Crippen molar-refractivity contribution in [3.8, 4) is 17.3 Å². The molecule has 0 spiro atoms. The molecule has 1 aromatic carbocycles. The quantitative estimate of drug-likeness (QED) is 0.515. The molecule has 1 N–H and O–H groups in total. The molecule has 2 aliphatic carbocycles. The molecular formula is C19H18N6O4. The summed E-state index contributed by atoms with van der Waals surface area (Å²) in [6, 6.07) is 6.44. The van der Waals surface area contributed by atoms with Crippen LogP contribution in [0.3, 0.4) is 0 Å². The molecule has 0 bridgehead atoms. The van der Waals surface area contributed by atoms with Gasteiger partial charge in [-0.3, -0.25) is 4.79 Å². The Balaban J connectivity index is 1.45. The first kappa shape index (κ1) is 17.5. The number of para-hydroxylation sites is 1. The number of nitrogens with zero attached hydrogens (tertiary/aromatic N) is 5. The molecule has 1 saturated carbocycles. The number of ether oxygens (including phenoxy) is 2. The van der Waals surface area contributed by atoms with Gasteiger partial charge in [-0.15, -0.1) is 10.2 Å². The molecule has 2 heterocycles. The maximum Gasteiger partial charge on any atom is 0.343 e. The normalized spacial score (nSPS) is 19.9. The van der Waals surface area contributed by atoms with Crippen molar-refractivity contribution in [2.24, 2.45) is 5.92 Å². The van der Waals surface area contributed by atoms with E-state index < -0.39 is 18.2 Å². The van der Waals surface area contributed by atoms with E-state index in [0.29, 0.717) is 17.7 Å². The van der Waals surface area contributed by atoms with E-state index in [1.807, 2.05) is 0 Å². The van der Waals surface area contributed by atoms with Crippen LogP contribution >= 0.6 is 0 Å². The average Bonchev–Trinajstić information content (AvgIpc) is 3.03. The Morgan fingerprint density at radius 1 is 1.31 bits per heavy atom. The van der Waals surface area contributed by atoms with E-state index >= 15 is 0 Å². The lowest BCUT2D eigenvalue weighted by atomic mass is 10.1. The molecule has 2 aromatic heterocycles. The Hall–Kier alpha value is -3.56. The number of hydrogen-bond acceptors (Lipinski definition) is 8. The first-order valence-electron chi connectivity index (χ1n) is 9.36. The van der Waals surface area contributed by atoms with Gasteiger partial charge >= 0.3 is 11.9 Å². The SMILES string of the molecule is CC(=O)Oc1ccccc1C(=O)OC(C)n1nc2c(c1-c1nn[nH]n1)C[C@H]1C[C@@H]21. The summed E-state index contributed by atoms with van der Waals surface area (Å²) in [5, 5.41) is 19.0. The number of carbonyl (C=O) groups excluding carboxylic acids is 2. The highest BCUT2D eigenvalue weighted by Gasteiger charge is 2.49. The van der Waals surface area contributed by atoms with E-state index in [4.69, 9.17) is 14.6 Å². The third kappa shape index (κ3) is 2.96. The minimum Gasteiger partial charge on any atom is -0.436 e. The molecule has 0 radical (unpaired) electrons. The van der Waals surface area contributed by atoms with Crippen molar-refractivity contribution in [3.63, 3.8) is 0 Å². The second kappa shape index (κ2) is 6.50. The Kier molecular flexibility index (Phi) is 3.93. The summed E-state index contributed by atoms with van der Waals surface area (Å²) >= 11 is 0. The molecule has 1 fully saturated rings. The zero-order valence-corrected chi connectivity index (χ0v) is 15.8. The van der Waals surface area contributed by atoms with Crippen LogP contribution in [0.2, 0.25) is 0 Å². The van der Waals surface area contributed by atoms with Gasteiger partial charge in [0.05, 0.1) is 5.69 Å². The van der Waals surface area contributed by atoms with Crippen LogP contribution in [0.4, 0.5) is 0 Å². The number of rotatable bonds is 5. The van der Waals surface area contributed by atoms with Gasteiger partial charge in [-0.1, -0.05) is 12.1 Å². The van der Waals surface area contributed by atoms with Crippen LogP contribution in [0, 0.1) is 5.92 Å². The summed E-state index contributed by atoms with van der Waals surface area (Å²) in [6.07, 6.45) is 1.34. The zero-order valence-electron chi connectivity index (χ0n) is 15.8. The molecule has 29 heavy (non-hydrogen) atoms. The highest BCUT2D eigenvalue weighted by molar-refractivity contribution is 5.93. The first-order valence-corrected chi connectivity index (χ1v) is 9.36. The van der Waals surface area contributed by atoms with Gasteiger partial charge in [0.2, 0.25) is 5.82 Å². The number of tetrazole rings is 1. The van der Waals surface area contributed by atoms with Gasteiger partial charge in [-0.2, -0.15) is 10.3 Å². The number of aromatic nitrogens is 6. The van der Waals surface area contributed by atoms with Crippen molar-refractivity contribution in [3.05, 3.63) is 41.1 Å². The van der Waals surface area contributed by atoms with Gasteiger partial charge in [-0.05, 0) is 43.0 Å². The van der Waals surface area contributed by atoms with Crippen LogP contribution in [-0.4, -0.2) is 42.3 Å². The van der Waals surface area contributed by atoms with Crippen molar-refractivity contribution in [2.75, 3.05) is 0 Å². The molecule has 3 atom stereocenters. The monoisotopic (exact) mass is 394 g/mol. The third-order valence-electron chi connectivity index (χ3n) is 5.32. The van der Waals surface area contributed by atoms with Crippen molar-refractivity contribution < 1.29 is 19.1 Å². The number of fused-ring (bicyclic) bond motifs is 3. The lowest BCUT2D eigenvalue weighted by Gasteiger charge is -2.17. The van der Waals surface area contributed by atoms with Crippen LogP contribution in [0.5, 0.6) is 5.75 Å². The summed E-state index contributed by atoms with van der Waals surface area (Å²) in [6.45, 7) is 3.00. The van der Waals surface area contributed by atoms with E-state index in [-0.39, 0.29) is 11.3 Å². The predicted octanol–water partition coefficient (Wildman–Crippen LogP) is 2.02. The van der Waals surface area contributed by atoms with E-state index in [0.717, 1.165) is 29.8 Å². The van der Waals surface area contributed by atoms with Gasteiger partial charge in [0.15, 0.2) is 6.23 Å². The van der Waals surface area contributed by atoms with Crippen LogP contribution in [-0.2, 0) is 16.0 Å². The largest absolute Gasteiger partial charge is 0.436 e. The average molecular weight is 394 g/mol. The number of nitrogens with one attached hydrogen (secondary N) is 1. The van der Waals surface area contributed by atoms with Crippen molar-refractivity contribution in [2.45, 2.75) is 38.8 Å². The second-order valence-electron chi connectivity index (χ2n) is 7.29. The molecule has 148 valence electrons. The molecule has 3 aromatic rings.